The van der Waals surface area contributed by atoms with E-state index in [9.17, 15) is 13.2 Å². The lowest BCUT2D eigenvalue weighted by atomic mass is 10.1. The van der Waals surface area contributed by atoms with Gasteiger partial charge in [-0.15, -0.1) is 0 Å². The summed E-state index contributed by atoms with van der Waals surface area (Å²) in [6.07, 6.45) is 7.52. The highest BCUT2D eigenvalue weighted by molar-refractivity contribution is 7.87. The molecule has 11 nitrogen and oxygen atoms in total. The van der Waals surface area contributed by atoms with Crippen LogP contribution in [-0.2, 0) is 10.1 Å². The predicted molar refractivity (Wildman–Crippen MR) is 156 cm³/mol. The summed E-state index contributed by atoms with van der Waals surface area (Å²) < 4.78 is 31.2. The molecule has 0 radical (unpaired) electrons. The zero-order valence-corrected chi connectivity index (χ0v) is 23.6. The number of aromatic amines is 1. The van der Waals surface area contributed by atoms with Gasteiger partial charge >= 0.3 is 16.1 Å². The number of hydrogen-bond acceptors (Lipinski definition) is 8. The maximum atomic E-state index is 12.9. The highest BCUT2D eigenvalue weighted by atomic mass is 32.2. The normalized spacial score (nSPS) is 17.0. The number of benzene rings is 2. The van der Waals surface area contributed by atoms with Gasteiger partial charge in [-0.25, -0.2) is 9.78 Å². The van der Waals surface area contributed by atoms with Crippen molar-refractivity contribution >= 4 is 38.8 Å². The maximum absolute atomic E-state index is 12.9. The smallest absolute Gasteiger partial charge is 0.339 e. The fraction of sp³-hybridized carbons (Fsp3) is 0.500. The number of imidazole rings is 1. The largest absolute Gasteiger partial charge is 0.384 e. The number of hydrogen-bond donors (Lipinski definition) is 4. The molecular formula is C28H39N7O4S. The molecule has 0 spiro atoms. The molecule has 0 atom stereocenters. The monoisotopic (exact) mass is 569 g/mol. The van der Waals surface area contributed by atoms with E-state index in [2.05, 4.69) is 35.7 Å². The summed E-state index contributed by atoms with van der Waals surface area (Å²) in [4.78, 5) is 24.5. The standard InChI is InChI=1S/C28H39N7O4S/c36-28(30-14-20-35-17-5-2-6-18-35)33-27-31-25-12-9-23(21-26(25)32-27)39-40(37,38)24-10-7-22(8-11-24)29-13-19-34-15-3-1-4-16-34/h7-12,21,29H,1-6,13-20H2,(H3,30,31,32,33,36). The number of likely N-dealkylation sites (tertiary alicyclic amines) is 2. The number of rotatable bonds is 11. The van der Waals surface area contributed by atoms with Crippen molar-refractivity contribution in [3.63, 3.8) is 0 Å². The first kappa shape index (κ1) is 28.2. The van der Waals surface area contributed by atoms with Crippen LogP contribution in [0.5, 0.6) is 5.75 Å². The van der Waals surface area contributed by atoms with Crippen molar-refractivity contribution < 1.29 is 17.4 Å². The molecule has 3 aromatic rings. The first-order valence-corrected chi connectivity index (χ1v) is 15.6. The zero-order chi connectivity index (χ0) is 27.8. The van der Waals surface area contributed by atoms with E-state index in [0.717, 1.165) is 51.5 Å². The van der Waals surface area contributed by atoms with Crippen LogP contribution in [0.15, 0.2) is 47.4 Å². The van der Waals surface area contributed by atoms with Gasteiger partial charge in [0.1, 0.15) is 10.6 Å². The summed E-state index contributed by atoms with van der Waals surface area (Å²) in [6, 6.07) is 11.0. The Balaban J connectivity index is 1.11. The number of aromatic nitrogens is 2. The van der Waals surface area contributed by atoms with Gasteiger partial charge in [-0.3, -0.25) is 5.32 Å². The number of carbonyl (C=O) groups is 1. The molecule has 216 valence electrons. The number of anilines is 2. The molecule has 4 N–H and O–H groups in total. The van der Waals surface area contributed by atoms with E-state index in [-0.39, 0.29) is 22.6 Å². The van der Waals surface area contributed by atoms with Crippen LogP contribution in [0.25, 0.3) is 11.0 Å². The van der Waals surface area contributed by atoms with Crippen LogP contribution >= 0.6 is 0 Å². The summed E-state index contributed by atoms with van der Waals surface area (Å²) in [5.74, 6) is 0.422. The minimum Gasteiger partial charge on any atom is -0.384 e. The van der Waals surface area contributed by atoms with E-state index >= 15 is 0 Å². The second-order valence-corrected chi connectivity index (χ2v) is 12.0. The molecule has 5 rings (SSSR count). The fourth-order valence-electron chi connectivity index (χ4n) is 5.22. The summed E-state index contributed by atoms with van der Waals surface area (Å²) in [5, 5.41) is 8.91. The van der Waals surface area contributed by atoms with Crippen LogP contribution in [0.3, 0.4) is 0 Å². The minimum atomic E-state index is -4.02. The second kappa shape index (κ2) is 13.3. The number of amides is 2. The predicted octanol–water partition coefficient (Wildman–Crippen LogP) is 3.84. The Kier molecular flexibility index (Phi) is 9.40. The third kappa shape index (κ3) is 7.86. The van der Waals surface area contributed by atoms with Gasteiger partial charge < -0.3 is 29.6 Å². The number of nitrogens with zero attached hydrogens (tertiary/aromatic N) is 3. The first-order chi connectivity index (χ1) is 19.4. The van der Waals surface area contributed by atoms with Gasteiger partial charge in [0.05, 0.1) is 11.0 Å². The Bertz CT molecular complexity index is 1370. The Labute approximate surface area is 235 Å². The molecule has 0 saturated carbocycles. The second-order valence-electron chi connectivity index (χ2n) is 10.4. The molecule has 3 heterocycles. The van der Waals surface area contributed by atoms with E-state index in [4.69, 9.17) is 4.18 Å². The van der Waals surface area contributed by atoms with Gasteiger partial charge in [0.2, 0.25) is 5.95 Å². The third-order valence-corrected chi connectivity index (χ3v) is 8.66. The Morgan fingerprint density at radius 3 is 2.20 bits per heavy atom. The zero-order valence-electron chi connectivity index (χ0n) is 22.8. The van der Waals surface area contributed by atoms with Crippen LogP contribution in [0.1, 0.15) is 38.5 Å². The topological polar surface area (TPSA) is 132 Å². The molecule has 2 aliphatic heterocycles. The van der Waals surface area contributed by atoms with Crippen LogP contribution in [0.2, 0.25) is 0 Å². The van der Waals surface area contributed by atoms with Gasteiger partial charge in [0.25, 0.3) is 0 Å². The van der Waals surface area contributed by atoms with Crippen molar-refractivity contribution in [1.82, 2.24) is 25.1 Å². The molecular weight excluding hydrogens is 530 g/mol. The number of nitrogens with one attached hydrogen (secondary N) is 4. The van der Waals surface area contributed by atoms with Gasteiger partial charge in [0.15, 0.2) is 0 Å². The van der Waals surface area contributed by atoms with E-state index in [1.807, 2.05) is 0 Å². The number of piperidine rings is 2. The van der Waals surface area contributed by atoms with Gasteiger partial charge in [-0.05, 0) is 88.3 Å². The lowest BCUT2D eigenvalue weighted by Crippen LogP contribution is -2.39. The van der Waals surface area contributed by atoms with Crippen molar-refractivity contribution in [2.45, 2.75) is 43.4 Å². The highest BCUT2D eigenvalue weighted by Gasteiger charge is 2.18. The SMILES string of the molecule is O=C(NCCN1CCCCC1)Nc1nc2ccc(OS(=O)(=O)c3ccc(NCCN4CCCCC4)cc3)cc2[nH]1. The molecule has 2 amide bonds. The fourth-order valence-corrected chi connectivity index (χ4v) is 6.14. The van der Waals surface area contributed by atoms with Crippen molar-refractivity contribution in [3.05, 3.63) is 42.5 Å². The van der Waals surface area contributed by atoms with Crippen LogP contribution in [-0.4, -0.2) is 86.6 Å². The summed E-state index contributed by atoms with van der Waals surface area (Å²) in [6.45, 7) is 7.60. The molecule has 2 saturated heterocycles. The van der Waals surface area contributed by atoms with E-state index in [1.54, 1.807) is 42.5 Å². The Morgan fingerprint density at radius 1 is 0.875 bits per heavy atom. The van der Waals surface area contributed by atoms with Crippen molar-refractivity contribution in [3.8, 4) is 5.75 Å². The summed E-state index contributed by atoms with van der Waals surface area (Å²) in [5.41, 5.74) is 1.99. The van der Waals surface area contributed by atoms with E-state index in [0.29, 0.717) is 17.6 Å². The molecule has 2 fully saturated rings. The van der Waals surface area contributed by atoms with Gasteiger partial charge in [0, 0.05) is 37.9 Å². The van der Waals surface area contributed by atoms with Gasteiger partial charge in [-0.2, -0.15) is 8.42 Å². The Hall–Kier alpha value is -3.35. The highest BCUT2D eigenvalue weighted by Crippen LogP contribution is 2.24. The van der Waals surface area contributed by atoms with Gasteiger partial charge in [-0.1, -0.05) is 12.8 Å². The van der Waals surface area contributed by atoms with Crippen LogP contribution in [0, 0.1) is 0 Å². The molecule has 0 unspecified atom stereocenters. The van der Waals surface area contributed by atoms with Crippen molar-refractivity contribution in [1.29, 1.82) is 0 Å². The average Bonchev–Trinajstić information content (AvgIpc) is 3.35. The average molecular weight is 570 g/mol. The van der Waals surface area contributed by atoms with Crippen molar-refractivity contribution in [2.24, 2.45) is 0 Å². The molecule has 2 aliphatic rings. The molecule has 1 aromatic heterocycles. The van der Waals surface area contributed by atoms with Crippen molar-refractivity contribution in [2.75, 3.05) is 63.0 Å². The van der Waals surface area contributed by atoms with Crippen LogP contribution in [0.4, 0.5) is 16.4 Å². The number of fused-ring (bicyclic) bond motifs is 1. The molecule has 40 heavy (non-hydrogen) atoms. The molecule has 12 heteroatoms. The quantitative estimate of drug-likeness (QED) is 0.256. The number of urea groups is 1. The minimum absolute atomic E-state index is 0.0716. The number of H-pyrrole nitrogens is 1. The lowest BCUT2D eigenvalue weighted by molar-refractivity contribution is 0.224. The van der Waals surface area contributed by atoms with E-state index < -0.39 is 10.1 Å². The lowest BCUT2D eigenvalue weighted by Gasteiger charge is -2.26. The maximum Gasteiger partial charge on any atom is 0.339 e. The summed E-state index contributed by atoms with van der Waals surface area (Å²) >= 11 is 0. The molecule has 0 aliphatic carbocycles. The molecule has 2 aromatic carbocycles. The third-order valence-electron chi connectivity index (χ3n) is 7.40. The summed E-state index contributed by atoms with van der Waals surface area (Å²) in [7, 11) is -4.02. The first-order valence-electron chi connectivity index (χ1n) is 14.2. The molecule has 0 bridgehead atoms. The van der Waals surface area contributed by atoms with Crippen LogP contribution < -0.4 is 20.1 Å². The Morgan fingerprint density at radius 2 is 1.52 bits per heavy atom. The number of carbonyl (C=O) groups excluding carboxylic acids is 1. The van der Waals surface area contributed by atoms with E-state index in [1.165, 1.54) is 38.5 Å².